The molecule has 0 amide bonds. The van der Waals surface area contributed by atoms with Crippen LogP contribution in [0.25, 0.3) is 10.4 Å². The van der Waals surface area contributed by atoms with E-state index in [2.05, 4.69) is 22.7 Å². The van der Waals surface area contributed by atoms with Crippen molar-refractivity contribution >= 4 is 39.6 Å². The van der Waals surface area contributed by atoms with Gasteiger partial charge in [-0.05, 0) is 37.7 Å². The summed E-state index contributed by atoms with van der Waals surface area (Å²) in [7, 11) is 1.37. The summed E-state index contributed by atoms with van der Waals surface area (Å²) in [5, 5.41) is 11.7. The Bertz CT molecular complexity index is 980. The minimum atomic E-state index is -0.399. The van der Waals surface area contributed by atoms with Crippen LogP contribution in [0.5, 0.6) is 0 Å². The minimum Gasteiger partial charge on any atom is -0.465 e. The quantitative estimate of drug-likeness (QED) is 0.465. The van der Waals surface area contributed by atoms with Crippen molar-refractivity contribution in [3.8, 4) is 10.4 Å². The van der Waals surface area contributed by atoms with Gasteiger partial charge in [-0.25, -0.2) is 4.79 Å². The van der Waals surface area contributed by atoms with Gasteiger partial charge in [0.15, 0.2) is 5.11 Å². The van der Waals surface area contributed by atoms with Crippen molar-refractivity contribution in [2.24, 2.45) is 0 Å². The van der Waals surface area contributed by atoms with Gasteiger partial charge in [0.05, 0.1) is 18.9 Å². The maximum absolute atomic E-state index is 12.2. The molecule has 0 bridgehead atoms. The van der Waals surface area contributed by atoms with E-state index in [1.165, 1.54) is 18.4 Å². The number of aryl methyl sites for hydroxylation is 1. The molecule has 28 heavy (non-hydrogen) atoms. The first kappa shape index (κ1) is 20.0. The Morgan fingerprint density at radius 2 is 2.07 bits per heavy atom. The number of anilines is 1. The maximum atomic E-state index is 12.2. The highest BCUT2D eigenvalue weighted by molar-refractivity contribution is 7.80. The number of methoxy groups -OCH3 is 1. The number of benzene rings is 1. The third kappa shape index (κ3) is 4.40. The fraction of sp³-hybridized carbons (Fsp3) is 0.250. The molecule has 0 radical (unpaired) electrons. The van der Waals surface area contributed by atoms with E-state index in [4.69, 9.17) is 17.0 Å². The summed E-state index contributed by atoms with van der Waals surface area (Å²) in [5.74, 6) is -0.399. The van der Waals surface area contributed by atoms with Crippen molar-refractivity contribution in [1.29, 1.82) is 0 Å². The van der Waals surface area contributed by atoms with Crippen LogP contribution in [0.3, 0.4) is 0 Å². The van der Waals surface area contributed by atoms with Crippen LogP contribution in [-0.2, 0) is 17.8 Å². The van der Waals surface area contributed by atoms with Crippen molar-refractivity contribution in [3.63, 3.8) is 0 Å². The molecule has 0 spiro atoms. The second-order valence-electron chi connectivity index (χ2n) is 6.09. The van der Waals surface area contributed by atoms with Gasteiger partial charge in [-0.1, -0.05) is 30.3 Å². The van der Waals surface area contributed by atoms with E-state index in [9.17, 15) is 4.79 Å². The average Bonchev–Trinajstić information content (AvgIpc) is 3.29. The van der Waals surface area contributed by atoms with Crippen LogP contribution in [0.2, 0.25) is 0 Å². The number of thiocarbonyl (C=S) groups is 1. The zero-order valence-corrected chi connectivity index (χ0v) is 17.6. The van der Waals surface area contributed by atoms with Crippen molar-refractivity contribution < 1.29 is 9.53 Å². The molecule has 0 atom stereocenters. The Labute approximate surface area is 173 Å². The van der Waals surface area contributed by atoms with Crippen LogP contribution in [0.1, 0.15) is 28.5 Å². The molecule has 3 rings (SSSR count). The van der Waals surface area contributed by atoms with Gasteiger partial charge in [-0.15, -0.1) is 11.3 Å². The number of aromatic nitrogens is 2. The van der Waals surface area contributed by atoms with Gasteiger partial charge in [-0.2, -0.15) is 5.10 Å². The molecular formula is C20H22N4O2S2. The van der Waals surface area contributed by atoms with Crippen LogP contribution >= 0.6 is 23.6 Å². The van der Waals surface area contributed by atoms with Gasteiger partial charge in [0.2, 0.25) is 0 Å². The van der Waals surface area contributed by atoms with Crippen LogP contribution in [0.15, 0.2) is 42.6 Å². The molecule has 0 saturated heterocycles. The summed E-state index contributed by atoms with van der Waals surface area (Å²) in [6.07, 6.45) is 1.84. The molecule has 3 aromatic rings. The molecule has 0 unspecified atom stereocenters. The van der Waals surface area contributed by atoms with Crippen molar-refractivity contribution in [3.05, 3.63) is 59.4 Å². The minimum absolute atomic E-state index is 0.399. The van der Waals surface area contributed by atoms with Crippen molar-refractivity contribution in [1.82, 2.24) is 15.1 Å². The second kappa shape index (κ2) is 8.99. The second-order valence-corrected chi connectivity index (χ2v) is 7.55. The lowest BCUT2D eigenvalue weighted by atomic mass is 10.1. The normalized spacial score (nSPS) is 10.5. The van der Waals surface area contributed by atoms with Crippen molar-refractivity contribution in [2.75, 3.05) is 12.4 Å². The molecule has 0 aliphatic heterocycles. The summed E-state index contributed by atoms with van der Waals surface area (Å²) in [6, 6.07) is 11.7. The number of nitrogens with one attached hydrogen (secondary N) is 2. The van der Waals surface area contributed by atoms with E-state index < -0.39 is 5.97 Å². The summed E-state index contributed by atoms with van der Waals surface area (Å²) < 4.78 is 6.86. The number of rotatable bonds is 6. The topological polar surface area (TPSA) is 68.2 Å². The monoisotopic (exact) mass is 414 g/mol. The smallest absolute Gasteiger partial charge is 0.340 e. The predicted molar refractivity (Wildman–Crippen MR) is 117 cm³/mol. The van der Waals surface area contributed by atoms with Crippen LogP contribution in [0.4, 0.5) is 5.00 Å². The van der Waals surface area contributed by atoms with Crippen LogP contribution < -0.4 is 10.6 Å². The molecule has 0 aliphatic carbocycles. The number of nitrogens with zero attached hydrogens (tertiary/aromatic N) is 2. The number of hydrogen-bond acceptors (Lipinski definition) is 5. The highest BCUT2D eigenvalue weighted by Crippen LogP contribution is 2.35. The van der Waals surface area contributed by atoms with Gasteiger partial charge in [0.1, 0.15) is 5.00 Å². The van der Waals surface area contributed by atoms with Gasteiger partial charge in [0, 0.05) is 29.2 Å². The Kier molecular flexibility index (Phi) is 6.43. The third-order valence-electron chi connectivity index (χ3n) is 4.37. The Hall–Kier alpha value is -2.71. The lowest BCUT2D eigenvalue weighted by Crippen LogP contribution is -2.28. The number of hydrogen-bond donors (Lipinski definition) is 2. The van der Waals surface area contributed by atoms with E-state index in [0.29, 0.717) is 22.2 Å². The molecule has 6 nitrogen and oxygen atoms in total. The van der Waals surface area contributed by atoms with E-state index in [1.807, 2.05) is 54.2 Å². The molecule has 0 saturated carbocycles. The first-order valence-corrected chi connectivity index (χ1v) is 10.1. The Morgan fingerprint density at radius 1 is 1.32 bits per heavy atom. The highest BCUT2D eigenvalue weighted by atomic mass is 32.1. The molecule has 8 heteroatoms. The molecule has 2 N–H and O–H groups in total. The van der Waals surface area contributed by atoms with Crippen LogP contribution in [0, 0.1) is 6.92 Å². The van der Waals surface area contributed by atoms with E-state index in [-0.39, 0.29) is 0 Å². The Morgan fingerprint density at radius 3 is 2.71 bits per heavy atom. The van der Waals surface area contributed by atoms with Crippen LogP contribution in [-0.4, -0.2) is 28.0 Å². The molecular weight excluding hydrogens is 392 g/mol. The summed E-state index contributed by atoms with van der Waals surface area (Å²) in [4.78, 5) is 13.2. The Balaban J connectivity index is 1.74. The molecule has 1 aromatic carbocycles. The maximum Gasteiger partial charge on any atom is 0.340 e. The molecule has 146 valence electrons. The first-order chi connectivity index (χ1) is 13.5. The van der Waals surface area contributed by atoms with Gasteiger partial charge in [-0.3, -0.25) is 4.68 Å². The number of thiophene rings is 1. The molecule has 0 aliphatic rings. The third-order valence-corrected chi connectivity index (χ3v) is 5.71. The summed E-state index contributed by atoms with van der Waals surface area (Å²) >= 11 is 6.89. The standard InChI is InChI=1S/C20H22N4O2S2/c1-4-24-13(2)15(12-22-24)11-21-20(27)23-18-16(19(25)26-3)10-17(28-18)14-8-6-5-7-9-14/h5-10,12H,4,11H2,1-3H3,(H2,21,23,27). The zero-order chi connectivity index (χ0) is 20.1. The molecule has 2 aromatic heterocycles. The number of carbonyl (C=O) groups excluding carboxylic acids is 1. The molecule has 0 fully saturated rings. The number of ether oxygens (including phenoxy) is 1. The van der Waals surface area contributed by atoms with E-state index in [1.54, 1.807) is 0 Å². The predicted octanol–water partition coefficient (Wildman–Crippen LogP) is 4.21. The van der Waals surface area contributed by atoms with E-state index >= 15 is 0 Å². The zero-order valence-electron chi connectivity index (χ0n) is 16.0. The number of esters is 1. The summed E-state index contributed by atoms with van der Waals surface area (Å²) in [5.41, 5.74) is 3.68. The van der Waals surface area contributed by atoms with Crippen molar-refractivity contribution in [2.45, 2.75) is 26.9 Å². The highest BCUT2D eigenvalue weighted by Gasteiger charge is 2.18. The summed E-state index contributed by atoms with van der Waals surface area (Å²) in [6.45, 7) is 5.47. The van der Waals surface area contributed by atoms with Gasteiger partial charge >= 0.3 is 5.97 Å². The van der Waals surface area contributed by atoms with Gasteiger partial charge in [0.25, 0.3) is 0 Å². The van der Waals surface area contributed by atoms with Gasteiger partial charge < -0.3 is 15.4 Å². The lowest BCUT2D eigenvalue weighted by Gasteiger charge is -2.10. The number of carbonyl (C=O) groups is 1. The fourth-order valence-electron chi connectivity index (χ4n) is 2.79. The fourth-order valence-corrected chi connectivity index (χ4v) is 4.09. The average molecular weight is 415 g/mol. The SMILES string of the molecule is CCn1ncc(CNC(=S)Nc2sc(-c3ccccc3)cc2C(=O)OC)c1C. The molecule has 2 heterocycles. The largest absolute Gasteiger partial charge is 0.465 e. The first-order valence-electron chi connectivity index (χ1n) is 8.87. The lowest BCUT2D eigenvalue weighted by molar-refractivity contribution is 0.0602. The van der Waals surface area contributed by atoms with E-state index in [0.717, 1.165) is 28.2 Å².